The lowest BCUT2D eigenvalue weighted by atomic mass is 9.72. The van der Waals surface area contributed by atoms with Crippen molar-refractivity contribution in [2.75, 3.05) is 0 Å². The Bertz CT molecular complexity index is 763. The lowest BCUT2D eigenvalue weighted by Crippen LogP contribution is -2.35. The number of rotatable bonds is 5. The first kappa shape index (κ1) is 15.2. The first-order chi connectivity index (χ1) is 11.2. The van der Waals surface area contributed by atoms with Crippen molar-refractivity contribution in [3.05, 3.63) is 108 Å². The second kappa shape index (κ2) is 6.62. The number of Topliss-reactive ketones (excluding diaryl/α,β-unsaturated/α-hetero) is 1. The average molecular weight is 300 g/mol. The van der Waals surface area contributed by atoms with Crippen LogP contribution in [0.3, 0.4) is 0 Å². The summed E-state index contributed by atoms with van der Waals surface area (Å²) in [6.07, 6.45) is 0.686. The molecule has 3 aromatic carbocycles. The smallest absolute Gasteiger partial charge is 0.173 e. The van der Waals surface area contributed by atoms with Crippen LogP contribution in [0.2, 0.25) is 0 Å². The fourth-order valence-electron chi connectivity index (χ4n) is 3.03. The molecule has 3 rings (SSSR count). The van der Waals surface area contributed by atoms with Crippen molar-refractivity contribution in [1.82, 2.24) is 0 Å². The Morgan fingerprint density at radius 1 is 0.739 bits per heavy atom. The van der Waals surface area contributed by atoms with Gasteiger partial charge in [-0.1, -0.05) is 91.0 Å². The highest BCUT2D eigenvalue weighted by Crippen LogP contribution is 2.32. The normalized spacial score (nSPS) is 13.3. The van der Waals surface area contributed by atoms with Gasteiger partial charge in [-0.15, -0.1) is 0 Å². The molecule has 0 heterocycles. The number of ketones is 1. The van der Waals surface area contributed by atoms with Crippen LogP contribution in [0.4, 0.5) is 0 Å². The molecular formula is C22H20O. The van der Waals surface area contributed by atoms with Crippen LogP contribution in [0, 0.1) is 0 Å². The molecule has 0 N–H and O–H groups in total. The molecule has 23 heavy (non-hydrogen) atoms. The first-order valence-corrected chi connectivity index (χ1v) is 7.89. The molecule has 0 bridgehead atoms. The van der Waals surface area contributed by atoms with Crippen molar-refractivity contribution in [3.63, 3.8) is 0 Å². The quantitative estimate of drug-likeness (QED) is 0.601. The molecule has 1 nitrogen and oxygen atoms in total. The summed E-state index contributed by atoms with van der Waals surface area (Å²) in [5, 5.41) is 0. The second-order valence-electron chi connectivity index (χ2n) is 6.06. The SMILES string of the molecule is CC(Cc1ccccc1)(C(=O)c1ccccc1)c1ccccc1. The highest BCUT2D eigenvalue weighted by molar-refractivity contribution is 6.04. The minimum atomic E-state index is -0.579. The van der Waals surface area contributed by atoms with E-state index in [0.29, 0.717) is 6.42 Å². The molecule has 0 spiro atoms. The van der Waals surface area contributed by atoms with E-state index in [9.17, 15) is 4.79 Å². The van der Waals surface area contributed by atoms with Crippen LogP contribution >= 0.6 is 0 Å². The van der Waals surface area contributed by atoms with Gasteiger partial charge in [0.15, 0.2) is 5.78 Å². The minimum Gasteiger partial charge on any atom is -0.293 e. The Labute approximate surface area is 137 Å². The molecule has 114 valence electrons. The number of benzene rings is 3. The third kappa shape index (κ3) is 3.24. The van der Waals surface area contributed by atoms with Gasteiger partial charge in [-0.25, -0.2) is 0 Å². The highest BCUT2D eigenvalue weighted by atomic mass is 16.1. The summed E-state index contributed by atoms with van der Waals surface area (Å²) >= 11 is 0. The van der Waals surface area contributed by atoms with Crippen LogP contribution in [-0.4, -0.2) is 5.78 Å². The van der Waals surface area contributed by atoms with Gasteiger partial charge in [-0.3, -0.25) is 4.79 Å². The zero-order chi connectivity index (χ0) is 16.1. The van der Waals surface area contributed by atoms with Crippen molar-refractivity contribution < 1.29 is 4.79 Å². The van der Waals surface area contributed by atoms with Gasteiger partial charge in [-0.2, -0.15) is 0 Å². The molecule has 0 radical (unpaired) electrons. The van der Waals surface area contributed by atoms with Crippen LogP contribution in [0.1, 0.15) is 28.4 Å². The molecule has 3 aromatic rings. The fraction of sp³-hybridized carbons (Fsp3) is 0.136. The molecule has 0 aliphatic heterocycles. The lowest BCUT2D eigenvalue weighted by molar-refractivity contribution is 0.0895. The summed E-state index contributed by atoms with van der Waals surface area (Å²) in [6.45, 7) is 2.05. The number of hydrogen-bond donors (Lipinski definition) is 0. The molecule has 1 atom stereocenters. The Morgan fingerprint density at radius 2 is 1.22 bits per heavy atom. The largest absolute Gasteiger partial charge is 0.293 e. The van der Waals surface area contributed by atoms with Gasteiger partial charge < -0.3 is 0 Å². The van der Waals surface area contributed by atoms with Crippen LogP contribution in [-0.2, 0) is 11.8 Å². The summed E-state index contributed by atoms with van der Waals surface area (Å²) in [4.78, 5) is 13.3. The van der Waals surface area contributed by atoms with Crippen molar-refractivity contribution in [3.8, 4) is 0 Å². The zero-order valence-corrected chi connectivity index (χ0v) is 13.3. The van der Waals surface area contributed by atoms with Crippen molar-refractivity contribution in [1.29, 1.82) is 0 Å². The predicted molar refractivity (Wildman–Crippen MR) is 94.7 cm³/mol. The van der Waals surface area contributed by atoms with Crippen molar-refractivity contribution in [2.45, 2.75) is 18.8 Å². The maximum atomic E-state index is 13.3. The van der Waals surface area contributed by atoms with Crippen molar-refractivity contribution in [2.24, 2.45) is 0 Å². The molecule has 0 fully saturated rings. The number of carbonyl (C=O) groups excluding carboxylic acids is 1. The number of hydrogen-bond acceptors (Lipinski definition) is 1. The second-order valence-corrected chi connectivity index (χ2v) is 6.06. The standard InChI is InChI=1S/C22H20O/c1-22(20-15-9-4-10-16-20,17-18-11-5-2-6-12-18)21(23)19-13-7-3-8-14-19/h2-16H,17H2,1H3. The maximum absolute atomic E-state index is 13.3. The average Bonchev–Trinajstić information content (AvgIpc) is 2.63. The summed E-state index contributed by atoms with van der Waals surface area (Å²) in [5.74, 6) is 0.160. The van der Waals surface area contributed by atoms with E-state index in [1.54, 1.807) is 0 Å². The van der Waals surface area contributed by atoms with Gasteiger partial charge in [0, 0.05) is 5.56 Å². The van der Waals surface area contributed by atoms with Crippen LogP contribution < -0.4 is 0 Å². The van der Waals surface area contributed by atoms with Crippen molar-refractivity contribution >= 4 is 5.78 Å². The van der Waals surface area contributed by atoms with E-state index in [0.717, 1.165) is 11.1 Å². The topological polar surface area (TPSA) is 17.1 Å². The lowest BCUT2D eigenvalue weighted by Gasteiger charge is -2.29. The molecule has 0 aromatic heterocycles. The monoisotopic (exact) mass is 300 g/mol. The van der Waals surface area contributed by atoms with Gasteiger partial charge in [0.1, 0.15) is 0 Å². The van der Waals surface area contributed by atoms with Gasteiger partial charge in [0.05, 0.1) is 5.41 Å². The van der Waals surface area contributed by atoms with Crippen LogP contribution in [0.5, 0.6) is 0 Å². The fourth-order valence-corrected chi connectivity index (χ4v) is 3.03. The predicted octanol–water partition coefficient (Wildman–Crippen LogP) is 5.07. The van der Waals surface area contributed by atoms with Gasteiger partial charge in [0.2, 0.25) is 0 Å². The Kier molecular flexibility index (Phi) is 4.38. The minimum absolute atomic E-state index is 0.160. The molecule has 0 aliphatic rings. The Morgan fingerprint density at radius 3 is 1.78 bits per heavy atom. The van der Waals surface area contributed by atoms with E-state index in [4.69, 9.17) is 0 Å². The Hall–Kier alpha value is -2.67. The highest BCUT2D eigenvalue weighted by Gasteiger charge is 2.35. The first-order valence-electron chi connectivity index (χ1n) is 7.89. The molecule has 0 aliphatic carbocycles. The van der Waals surface area contributed by atoms with E-state index < -0.39 is 5.41 Å². The maximum Gasteiger partial charge on any atom is 0.173 e. The van der Waals surface area contributed by atoms with Crippen LogP contribution in [0.15, 0.2) is 91.0 Å². The summed E-state index contributed by atoms with van der Waals surface area (Å²) in [7, 11) is 0. The third-order valence-electron chi connectivity index (χ3n) is 4.35. The van der Waals surface area contributed by atoms with Gasteiger partial charge in [-0.05, 0) is 24.5 Å². The molecule has 1 heteroatoms. The zero-order valence-electron chi connectivity index (χ0n) is 13.3. The molecular weight excluding hydrogens is 280 g/mol. The molecule has 1 unspecified atom stereocenters. The summed E-state index contributed by atoms with van der Waals surface area (Å²) in [6, 6.07) is 29.8. The van der Waals surface area contributed by atoms with E-state index >= 15 is 0 Å². The van der Waals surface area contributed by atoms with E-state index in [-0.39, 0.29) is 5.78 Å². The van der Waals surface area contributed by atoms with Gasteiger partial charge >= 0.3 is 0 Å². The Balaban J connectivity index is 2.05. The van der Waals surface area contributed by atoms with E-state index in [2.05, 4.69) is 12.1 Å². The number of carbonyl (C=O) groups is 1. The van der Waals surface area contributed by atoms with Crippen LogP contribution in [0.25, 0.3) is 0 Å². The summed E-state index contributed by atoms with van der Waals surface area (Å²) in [5.41, 5.74) is 2.40. The summed E-state index contributed by atoms with van der Waals surface area (Å²) < 4.78 is 0. The van der Waals surface area contributed by atoms with E-state index in [1.807, 2.05) is 85.8 Å². The third-order valence-corrected chi connectivity index (χ3v) is 4.35. The molecule has 0 amide bonds. The van der Waals surface area contributed by atoms with E-state index in [1.165, 1.54) is 5.56 Å². The molecule has 0 saturated heterocycles. The van der Waals surface area contributed by atoms with Gasteiger partial charge in [0.25, 0.3) is 0 Å². The molecule has 0 saturated carbocycles.